The molecule has 1 unspecified atom stereocenters. The highest BCUT2D eigenvalue weighted by atomic mass is 15.1. The van der Waals surface area contributed by atoms with E-state index in [4.69, 9.17) is 10.7 Å². The summed E-state index contributed by atoms with van der Waals surface area (Å²) in [5.41, 5.74) is 11.9. The quantitative estimate of drug-likeness (QED) is 0.723. The van der Waals surface area contributed by atoms with Crippen LogP contribution in [-0.4, -0.2) is 32.7 Å². The molecule has 1 aromatic heterocycles. The lowest BCUT2D eigenvalue weighted by molar-refractivity contribution is 0.619. The molecule has 0 aliphatic carbocycles. The second-order valence-electron chi connectivity index (χ2n) is 6.55. The van der Waals surface area contributed by atoms with Crippen molar-refractivity contribution in [2.75, 3.05) is 32.6 Å². The minimum absolute atomic E-state index is 0.0138. The molecule has 130 valence electrons. The molecular weight excluding hydrogens is 308 g/mol. The molecule has 0 radical (unpaired) electrons. The van der Waals surface area contributed by atoms with Crippen LogP contribution in [0.4, 0.5) is 5.69 Å². The zero-order valence-corrected chi connectivity index (χ0v) is 15.2. The summed E-state index contributed by atoms with van der Waals surface area (Å²) in [4.78, 5) is 6.95. The van der Waals surface area contributed by atoms with E-state index in [0.717, 1.165) is 40.7 Å². The molecular formula is C21H26N4. The van der Waals surface area contributed by atoms with Gasteiger partial charge in [-0.15, -0.1) is 0 Å². The van der Waals surface area contributed by atoms with E-state index in [1.54, 1.807) is 0 Å². The third-order valence-corrected chi connectivity index (χ3v) is 4.53. The largest absolute Gasteiger partial charge is 0.378 e. The van der Waals surface area contributed by atoms with Crippen LogP contribution in [-0.2, 0) is 0 Å². The number of hydrogen-bond donors (Lipinski definition) is 2. The lowest BCUT2D eigenvalue weighted by Crippen LogP contribution is -2.18. The molecule has 0 fully saturated rings. The van der Waals surface area contributed by atoms with Crippen LogP contribution in [0, 0.1) is 0 Å². The van der Waals surface area contributed by atoms with Gasteiger partial charge in [0.1, 0.15) is 0 Å². The third-order valence-electron chi connectivity index (χ3n) is 4.53. The first kappa shape index (κ1) is 17.4. The number of anilines is 1. The third kappa shape index (κ3) is 3.81. The molecule has 1 heterocycles. The lowest BCUT2D eigenvalue weighted by atomic mass is 9.97. The van der Waals surface area contributed by atoms with E-state index in [1.165, 1.54) is 5.69 Å². The zero-order chi connectivity index (χ0) is 17.8. The van der Waals surface area contributed by atoms with Gasteiger partial charge in [0.05, 0.1) is 11.2 Å². The fourth-order valence-corrected chi connectivity index (χ4v) is 3.04. The van der Waals surface area contributed by atoms with Crippen LogP contribution >= 0.6 is 0 Å². The Morgan fingerprint density at radius 1 is 1.08 bits per heavy atom. The SMILES string of the molecule is CNCCC(N)c1cc(-c2ccc(N(C)C)cc2)nc2ccccc12. The molecule has 0 bridgehead atoms. The Kier molecular flexibility index (Phi) is 5.31. The van der Waals surface area contributed by atoms with E-state index >= 15 is 0 Å². The summed E-state index contributed by atoms with van der Waals surface area (Å²) in [6, 6.07) is 18.8. The highest BCUT2D eigenvalue weighted by Crippen LogP contribution is 2.29. The van der Waals surface area contributed by atoms with E-state index in [2.05, 4.69) is 52.7 Å². The molecule has 0 saturated carbocycles. The number of hydrogen-bond acceptors (Lipinski definition) is 4. The van der Waals surface area contributed by atoms with Gasteiger partial charge in [0.2, 0.25) is 0 Å². The average Bonchev–Trinajstić information content (AvgIpc) is 2.65. The Morgan fingerprint density at radius 3 is 2.48 bits per heavy atom. The van der Waals surface area contributed by atoms with E-state index < -0.39 is 0 Å². The predicted molar refractivity (Wildman–Crippen MR) is 107 cm³/mol. The first-order valence-electron chi connectivity index (χ1n) is 8.68. The Bertz CT molecular complexity index is 840. The molecule has 0 aliphatic rings. The molecule has 4 heteroatoms. The van der Waals surface area contributed by atoms with Gasteiger partial charge in [-0.2, -0.15) is 0 Å². The van der Waals surface area contributed by atoms with Crippen molar-refractivity contribution in [1.82, 2.24) is 10.3 Å². The zero-order valence-electron chi connectivity index (χ0n) is 15.2. The maximum Gasteiger partial charge on any atom is 0.0713 e. The van der Waals surface area contributed by atoms with Gasteiger partial charge in [-0.25, -0.2) is 4.98 Å². The van der Waals surface area contributed by atoms with Crippen molar-refractivity contribution in [2.45, 2.75) is 12.5 Å². The van der Waals surface area contributed by atoms with Crippen molar-refractivity contribution in [2.24, 2.45) is 5.73 Å². The van der Waals surface area contributed by atoms with Crippen LogP contribution in [0.25, 0.3) is 22.2 Å². The summed E-state index contributed by atoms with van der Waals surface area (Å²) in [6.45, 7) is 0.894. The Labute approximate surface area is 149 Å². The number of pyridine rings is 1. The number of rotatable bonds is 6. The summed E-state index contributed by atoms with van der Waals surface area (Å²) >= 11 is 0. The molecule has 0 amide bonds. The molecule has 2 aromatic carbocycles. The first-order chi connectivity index (χ1) is 12.1. The number of nitrogens with one attached hydrogen (secondary N) is 1. The monoisotopic (exact) mass is 334 g/mol. The lowest BCUT2D eigenvalue weighted by Gasteiger charge is -2.17. The van der Waals surface area contributed by atoms with E-state index in [9.17, 15) is 0 Å². The summed E-state index contributed by atoms with van der Waals surface area (Å²) in [6.07, 6.45) is 0.892. The van der Waals surface area contributed by atoms with Gasteiger partial charge in [-0.1, -0.05) is 30.3 Å². The summed E-state index contributed by atoms with van der Waals surface area (Å²) in [5.74, 6) is 0. The Hall–Kier alpha value is -2.43. The topological polar surface area (TPSA) is 54.2 Å². The van der Waals surface area contributed by atoms with Crippen LogP contribution in [0.5, 0.6) is 0 Å². The van der Waals surface area contributed by atoms with Gasteiger partial charge < -0.3 is 16.0 Å². The fourth-order valence-electron chi connectivity index (χ4n) is 3.04. The smallest absolute Gasteiger partial charge is 0.0713 e. The highest BCUT2D eigenvalue weighted by molar-refractivity contribution is 5.85. The Balaban J connectivity index is 2.06. The van der Waals surface area contributed by atoms with Crippen LogP contribution in [0.3, 0.4) is 0 Å². The van der Waals surface area contributed by atoms with E-state index in [1.807, 2.05) is 33.3 Å². The average molecular weight is 334 g/mol. The molecule has 3 N–H and O–H groups in total. The van der Waals surface area contributed by atoms with Gasteiger partial charge in [0, 0.05) is 36.8 Å². The van der Waals surface area contributed by atoms with Crippen molar-refractivity contribution in [1.29, 1.82) is 0 Å². The summed E-state index contributed by atoms with van der Waals surface area (Å²) < 4.78 is 0. The number of nitrogens with zero attached hydrogens (tertiary/aromatic N) is 2. The Morgan fingerprint density at radius 2 is 1.80 bits per heavy atom. The van der Waals surface area contributed by atoms with Crippen molar-refractivity contribution < 1.29 is 0 Å². The minimum Gasteiger partial charge on any atom is -0.378 e. The van der Waals surface area contributed by atoms with E-state index in [-0.39, 0.29) is 6.04 Å². The summed E-state index contributed by atoms with van der Waals surface area (Å²) in [5, 5.41) is 4.32. The molecule has 3 rings (SSSR count). The standard InChI is InChI=1S/C21H26N4/c1-23-13-12-19(22)18-14-21(24-20-7-5-4-6-17(18)20)15-8-10-16(11-9-15)25(2)3/h4-11,14,19,23H,12-13,22H2,1-3H3. The fraction of sp³-hybridized carbons (Fsp3) is 0.286. The number of nitrogens with two attached hydrogens (primary N) is 1. The molecule has 4 nitrogen and oxygen atoms in total. The van der Waals surface area contributed by atoms with Crippen molar-refractivity contribution >= 4 is 16.6 Å². The molecule has 3 aromatic rings. The number of fused-ring (bicyclic) bond motifs is 1. The van der Waals surface area contributed by atoms with Gasteiger partial charge in [0.15, 0.2) is 0 Å². The maximum atomic E-state index is 6.48. The molecule has 0 spiro atoms. The second kappa shape index (κ2) is 7.64. The predicted octanol–water partition coefficient (Wildman–Crippen LogP) is 3.58. The molecule has 0 aliphatic heterocycles. The van der Waals surface area contributed by atoms with Crippen LogP contribution < -0.4 is 16.0 Å². The van der Waals surface area contributed by atoms with Crippen LogP contribution in [0.1, 0.15) is 18.0 Å². The minimum atomic E-state index is -0.0138. The van der Waals surface area contributed by atoms with Crippen LogP contribution in [0.2, 0.25) is 0 Å². The first-order valence-corrected chi connectivity index (χ1v) is 8.68. The van der Waals surface area contributed by atoms with Gasteiger partial charge in [0.25, 0.3) is 0 Å². The van der Waals surface area contributed by atoms with Crippen molar-refractivity contribution in [3.63, 3.8) is 0 Å². The maximum absolute atomic E-state index is 6.48. The number of aromatic nitrogens is 1. The molecule has 25 heavy (non-hydrogen) atoms. The normalized spacial score (nSPS) is 12.3. The molecule has 0 saturated heterocycles. The number of para-hydroxylation sites is 1. The summed E-state index contributed by atoms with van der Waals surface area (Å²) in [7, 11) is 6.04. The highest BCUT2D eigenvalue weighted by Gasteiger charge is 2.13. The van der Waals surface area contributed by atoms with Gasteiger partial charge >= 0.3 is 0 Å². The van der Waals surface area contributed by atoms with Gasteiger partial charge in [-0.05, 0) is 49.8 Å². The number of benzene rings is 2. The van der Waals surface area contributed by atoms with Crippen LogP contribution in [0.15, 0.2) is 54.6 Å². The molecule has 1 atom stereocenters. The van der Waals surface area contributed by atoms with Gasteiger partial charge in [-0.3, -0.25) is 0 Å². The van der Waals surface area contributed by atoms with Crippen molar-refractivity contribution in [3.05, 3.63) is 60.2 Å². The van der Waals surface area contributed by atoms with Crippen molar-refractivity contribution in [3.8, 4) is 11.3 Å². The second-order valence-corrected chi connectivity index (χ2v) is 6.55. The van der Waals surface area contributed by atoms with E-state index in [0.29, 0.717) is 0 Å².